The first-order chi connectivity index (χ1) is 7.22. The van der Waals surface area contributed by atoms with E-state index in [0.29, 0.717) is 17.8 Å². The molecule has 5 heteroatoms. The zero-order valence-electron chi connectivity index (χ0n) is 8.47. The number of hydrogen-bond donors (Lipinski definition) is 0. The number of amides is 2. The summed E-state index contributed by atoms with van der Waals surface area (Å²) in [5, 5.41) is -0.321. The maximum absolute atomic E-state index is 11.4. The average molecular weight is 225 g/mol. The van der Waals surface area contributed by atoms with E-state index in [1.165, 1.54) is 7.11 Å². The quantitative estimate of drug-likeness (QED) is 0.739. The zero-order chi connectivity index (χ0) is 11.3. The van der Waals surface area contributed by atoms with E-state index in [-0.39, 0.29) is 5.24 Å². The Bertz CT molecular complexity index is 367. The first-order valence-corrected chi connectivity index (χ1v) is 5.42. The molecular formula is C10H11NO3S. The number of hydrogen-bond acceptors (Lipinski definition) is 4. The predicted molar refractivity (Wildman–Crippen MR) is 60.4 cm³/mol. The van der Waals surface area contributed by atoms with E-state index in [1.54, 1.807) is 30.5 Å². The van der Waals surface area contributed by atoms with Crippen molar-refractivity contribution < 1.29 is 14.3 Å². The Balaban J connectivity index is 3.01. The molecule has 1 aromatic rings. The van der Waals surface area contributed by atoms with E-state index in [1.807, 2.05) is 0 Å². The fourth-order valence-corrected chi connectivity index (χ4v) is 1.41. The molecule has 15 heavy (non-hydrogen) atoms. The van der Waals surface area contributed by atoms with Gasteiger partial charge in [0.1, 0.15) is 5.75 Å². The Morgan fingerprint density at radius 3 is 2.80 bits per heavy atom. The minimum Gasteiger partial charge on any atom is -0.497 e. The van der Waals surface area contributed by atoms with Crippen LogP contribution in [-0.2, 0) is 4.79 Å². The lowest BCUT2D eigenvalue weighted by molar-refractivity contribution is -0.106. The van der Waals surface area contributed by atoms with Crippen molar-refractivity contribution in [2.75, 3.05) is 18.3 Å². The summed E-state index contributed by atoms with van der Waals surface area (Å²) in [7, 11) is 1.53. The largest absolute Gasteiger partial charge is 0.497 e. The van der Waals surface area contributed by atoms with Crippen LogP contribution in [-0.4, -0.2) is 25.0 Å². The summed E-state index contributed by atoms with van der Waals surface area (Å²) >= 11 is 0.981. The molecule has 0 saturated carbocycles. The lowest BCUT2D eigenvalue weighted by Gasteiger charge is -2.14. The Hall–Kier alpha value is -1.49. The molecule has 0 N–H and O–H groups in total. The maximum Gasteiger partial charge on any atom is 0.292 e. The number of ether oxygens (including phenoxy) is 1. The van der Waals surface area contributed by atoms with Crippen molar-refractivity contribution in [3.63, 3.8) is 0 Å². The first-order valence-electron chi connectivity index (χ1n) is 4.19. The van der Waals surface area contributed by atoms with Gasteiger partial charge in [-0.05, 0) is 18.4 Å². The molecule has 0 radical (unpaired) electrons. The summed E-state index contributed by atoms with van der Waals surface area (Å²) in [6.45, 7) is 0. The van der Waals surface area contributed by atoms with Crippen LogP contribution in [0.5, 0.6) is 5.75 Å². The monoisotopic (exact) mass is 225 g/mol. The minimum absolute atomic E-state index is 0.321. The molecule has 0 unspecified atom stereocenters. The summed E-state index contributed by atoms with van der Waals surface area (Å²) < 4.78 is 5.00. The molecule has 1 rings (SSSR count). The summed E-state index contributed by atoms with van der Waals surface area (Å²) in [6.07, 6.45) is 2.12. The number of carbonyl (C=O) groups is 2. The molecule has 0 bridgehead atoms. The Morgan fingerprint density at radius 2 is 2.27 bits per heavy atom. The van der Waals surface area contributed by atoms with Gasteiger partial charge in [0.05, 0.1) is 12.8 Å². The van der Waals surface area contributed by atoms with Crippen LogP contribution in [0.1, 0.15) is 0 Å². The van der Waals surface area contributed by atoms with E-state index in [2.05, 4.69) is 0 Å². The highest BCUT2D eigenvalue weighted by Crippen LogP contribution is 2.22. The number of benzene rings is 1. The summed E-state index contributed by atoms with van der Waals surface area (Å²) in [5.41, 5.74) is 0.503. The molecule has 0 aliphatic carbocycles. The van der Waals surface area contributed by atoms with Crippen LogP contribution in [0.4, 0.5) is 10.5 Å². The van der Waals surface area contributed by atoms with Crippen LogP contribution >= 0.6 is 11.8 Å². The van der Waals surface area contributed by atoms with Crippen molar-refractivity contribution in [1.82, 2.24) is 0 Å². The molecule has 0 heterocycles. The summed E-state index contributed by atoms with van der Waals surface area (Å²) in [5.74, 6) is 0.605. The summed E-state index contributed by atoms with van der Waals surface area (Å²) in [4.78, 5) is 23.2. The second-order valence-electron chi connectivity index (χ2n) is 2.65. The van der Waals surface area contributed by atoms with Crippen LogP contribution in [0.2, 0.25) is 0 Å². The van der Waals surface area contributed by atoms with Crippen LogP contribution in [0.25, 0.3) is 0 Å². The van der Waals surface area contributed by atoms with E-state index in [9.17, 15) is 9.59 Å². The number of nitrogens with zero attached hydrogens (tertiary/aromatic N) is 1. The summed E-state index contributed by atoms with van der Waals surface area (Å²) in [6, 6.07) is 6.77. The van der Waals surface area contributed by atoms with Crippen LogP contribution in [0.3, 0.4) is 0 Å². The van der Waals surface area contributed by atoms with E-state index < -0.39 is 0 Å². The fraction of sp³-hybridized carbons (Fsp3) is 0.200. The standard InChI is InChI=1S/C10H11NO3S/c1-14-9-5-3-4-8(6-9)11(7-12)10(13)15-2/h3-7H,1-2H3. The lowest BCUT2D eigenvalue weighted by atomic mass is 10.3. The average Bonchev–Trinajstić information content (AvgIpc) is 2.30. The molecule has 2 amide bonds. The Kier molecular flexibility index (Phi) is 4.17. The van der Waals surface area contributed by atoms with Crippen LogP contribution in [0.15, 0.2) is 24.3 Å². The first kappa shape index (κ1) is 11.6. The SMILES string of the molecule is COc1cccc(N(C=O)C(=O)SC)c1. The van der Waals surface area contributed by atoms with Crippen molar-refractivity contribution in [2.24, 2.45) is 0 Å². The van der Waals surface area contributed by atoms with Crippen molar-refractivity contribution in [1.29, 1.82) is 0 Å². The van der Waals surface area contributed by atoms with Gasteiger partial charge in [0.2, 0.25) is 6.41 Å². The molecule has 0 spiro atoms. The normalized spacial score (nSPS) is 9.47. The lowest BCUT2D eigenvalue weighted by Crippen LogP contribution is -2.24. The van der Waals surface area contributed by atoms with Gasteiger partial charge in [-0.1, -0.05) is 17.8 Å². The van der Waals surface area contributed by atoms with Gasteiger partial charge in [0.15, 0.2) is 0 Å². The van der Waals surface area contributed by atoms with Crippen LogP contribution in [0, 0.1) is 0 Å². The molecule has 1 aromatic carbocycles. The molecule has 0 aliphatic rings. The molecule has 4 nitrogen and oxygen atoms in total. The number of anilines is 1. The van der Waals surface area contributed by atoms with Gasteiger partial charge in [-0.2, -0.15) is 0 Å². The maximum atomic E-state index is 11.4. The van der Waals surface area contributed by atoms with Crippen molar-refractivity contribution >= 4 is 29.1 Å². The molecule has 0 saturated heterocycles. The fourth-order valence-electron chi connectivity index (χ4n) is 1.07. The van der Waals surface area contributed by atoms with E-state index >= 15 is 0 Å². The van der Waals surface area contributed by atoms with Gasteiger partial charge in [-0.25, -0.2) is 4.90 Å². The third kappa shape index (κ3) is 2.73. The van der Waals surface area contributed by atoms with Gasteiger partial charge in [0, 0.05) is 6.07 Å². The molecular weight excluding hydrogens is 214 g/mol. The molecule has 80 valence electrons. The van der Waals surface area contributed by atoms with Crippen molar-refractivity contribution in [2.45, 2.75) is 0 Å². The van der Waals surface area contributed by atoms with Gasteiger partial charge in [-0.15, -0.1) is 0 Å². The van der Waals surface area contributed by atoms with Crippen LogP contribution < -0.4 is 9.64 Å². The number of imide groups is 1. The van der Waals surface area contributed by atoms with E-state index in [0.717, 1.165) is 16.7 Å². The van der Waals surface area contributed by atoms with Gasteiger partial charge in [0.25, 0.3) is 5.24 Å². The molecule has 0 aliphatic heterocycles. The second-order valence-corrected chi connectivity index (χ2v) is 3.40. The van der Waals surface area contributed by atoms with Gasteiger partial charge in [-0.3, -0.25) is 9.59 Å². The number of thioether (sulfide) groups is 1. The Morgan fingerprint density at radius 1 is 1.53 bits per heavy atom. The Labute approximate surface area is 92.2 Å². The molecule has 0 aromatic heterocycles. The molecule has 0 atom stereocenters. The smallest absolute Gasteiger partial charge is 0.292 e. The topological polar surface area (TPSA) is 46.6 Å². The van der Waals surface area contributed by atoms with Crippen molar-refractivity contribution in [3.8, 4) is 5.75 Å². The van der Waals surface area contributed by atoms with Gasteiger partial charge < -0.3 is 4.74 Å². The highest BCUT2D eigenvalue weighted by atomic mass is 32.2. The number of methoxy groups -OCH3 is 1. The number of rotatable bonds is 3. The minimum atomic E-state index is -0.321. The second kappa shape index (κ2) is 5.41. The highest BCUT2D eigenvalue weighted by molar-refractivity contribution is 8.13. The third-order valence-electron chi connectivity index (χ3n) is 1.81. The third-order valence-corrected chi connectivity index (χ3v) is 2.35. The highest BCUT2D eigenvalue weighted by Gasteiger charge is 2.13. The van der Waals surface area contributed by atoms with E-state index in [4.69, 9.17) is 4.74 Å². The predicted octanol–water partition coefficient (Wildman–Crippen LogP) is 2.14. The van der Waals surface area contributed by atoms with Gasteiger partial charge >= 0.3 is 0 Å². The molecule has 0 fully saturated rings. The number of carbonyl (C=O) groups excluding carboxylic acids is 2. The van der Waals surface area contributed by atoms with Crippen molar-refractivity contribution in [3.05, 3.63) is 24.3 Å². The zero-order valence-corrected chi connectivity index (χ0v) is 9.28.